The molecule has 2 rings (SSSR count). The molecule has 0 spiro atoms. The highest BCUT2D eigenvalue weighted by Gasteiger charge is 2.40. The van der Waals surface area contributed by atoms with Crippen LogP contribution in [-0.2, 0) is 9.59 Å². The van der Waals surface area contributed by atoms with Crippen LogP contribution >= 0.6 is 11.6 Å². The SMILES string of the molecule is C=C(CCl)CN1CC(=O)N2CCCCC2C1=O. The van der Waals surface area contributed by atoms with Crippen molar-refractivity contribution < 1.29 is 9.59 Å². The number of hydrogen-bond donors (Lipinski definition) is 0. The second kappa shape index (κ2) is 5.08. The number of carbonyl (C=O) groups is 2. The zero-order valence-corrected chi connectivity index (χ0v) is 10.6. The third-order valence-corrected chi connectivity index (χ3v) is 3.73. The molecule has 2 amide bonds. The van der Waals surface area contributed by atoms with Crippen molar-refractivity contribution in [3.63, 3.8) is 0 Å². The molecular formula is C12H17ClN2O2. The Kier molecular flexibility index (Phi) is 3.72. The number of nitrogens with zero attached hydrogens (tertiary/aromatic N) is 2. The fraction of sp³-hybridized carbons (Fsp3) is 0.667. The highest BCUT2D eigenvalue weighted by atomic mass is 35.5. The first kappa shape index (κ1) is 12.4. The first-order chi connectivity index (χ1) is 8.13. The summed E-state index contributed by atoms with van der Waals surface area (Å²) in [5.74, 6) is 0.430. The zero-order valence-electron chi connectivity index (χ0n) is 9.82. The van der Waals surface area contributed by atoms with Gasteiger partial charge in [0.25, 0.3) is 0 Å². The third-order valence-electron chi connectivity index (χ3n) is 3.35. The van der Waals surface area contributed by atoms with Gasteiger partial charge in [-0.2, -0.15) is 0 Å². The van der Waals surface area contributed by atoms with E-state index in [1.165, 1.54) is 0 Å². The molecule has 1 unspecified atom stereocenters. The van der Waals surface area contributed by atoms with Crippen LogP contribution in [0.25, 0.3) is 0 Å². The van der Waals surface area contributed by atoms with Crippen LogP contribution in [-0.4, -0.2) is 53.2 Å². The Balaban J connectivity index is 2.08. The number of amides is 2. The Hall–Kier alpha value is -1.03. The Morgan fingerprint density at radius 3 is 2.88 bits per heavy atom. The normalized spacial score (nSPS) is 24.9. The van der Waals surface area contributed by atoms with Crippen molar-refractivity contribution in [2.24, 2.45) is 0 Å². The summed E-state index contributed by atoms with van der Waals surface area (Å²) in [5.41, 5.74) is 0.775. The van der Waals surface area contributed by atoms with Gasteiger partial charge in [-0.05, 0) is 24.8 Å². The predicted molar refractivity (Wildman–Crippen MR) is 65.8 cm³/mol. The van der Waals surface area contributed by atoms with E-state index < -0.39 is 0 Å². The van der Waals surface area contributed by atoms with Gasteiger partial charge in [0, 0.05) is 19.0 Å². The van der Waals surface area contributed by atoms with Gasteiger partial charge in [-0.15, -0.1) is 11.6 Å². The number of rotatable bonds is 3. The highest BCUT2D eigenvalue weighted by Crippen LogP contribution is 2.23. The van der Waals surface area contributed by atoms with Crippen molar-refractivity contribution in [2.75, 3.05) is 25.5 Å². The molecule has 0 aromatic heterocycles. The number of alkyl halides is 1. The summed E-state index contributed by atoms with van der Waals surface area (Å²) < 4.78 is 0. The molecule has 17 heavy (non-hydrogen) atoms. The molecule has 0 aliphatic carbocycles. The maximum absolute atomic E-state index is 12.2. The van der Waals surface area contributed by atoms with Crippen LogP contribution in [0.5, 0.6) is 0 Å². The molecule has 2 aliphatic heterocycles. The maximum Gasteiger partial charge on any atom is 0.246 e. The van der Waals surface area contributed by atoms with E-state index in [9.17, 15) is 9.59 Å². The summed E-state index contributed by atoms with van der Waals surface area (Å²) in [6.07, 6.45) is 2.81. The van der Waals surface area contributed by atoms with Crippen molar-refractivity contribution in [1.29, 1.82) is 0 Å². The first-order valence-corrected chi connectivity index (χ1v) is 6.48. The molecule has 2 saturated heterocycles. The summed E-state index contributed by atoms with van der Waals surface area (Å²) in [6, 6.07) is -0.242. The maximum atomic E-state index is 12.2. The average Bonchev–Trinajstić information content (AvgIpc) is 2.35. The molecule has 1 atom stereocenters. The molecule has 4 nitrogen and oxygen atoms in total. The predicted octanol–water partition coefficient (Wildman–Crippen LogP) is 1.00. The summed E-state index contributed by atoms with van der Waals surface area (Å²) in [4.78, 5) is 27.4. The lowest BCUT2D eigenvalue weighted by atomic mass is 9.98. The van der Waals surface area contributed by atoms with Crippen molar-refractivity contribution in [1.82, 2.24) is 9.80 Å². The van der Waals surface area contributed by atoms with Gasteiger partial charge in [-0.3, -0.25) is 9.59 Å². The van der Waals surface area contributed by atoms with Crippen molar-refractivity contribution >= 4 is 23.4 Å². The Morgan fingerprint density at radius 2 is 2.18 bits per heavy atom. The Labute approximate surface area is 106 Å². The lowest BCUT2D eigenvalue weighted by Gasteiger charge is -2.42. The smallest absolute Gasteiger partial charge is 0.246 e. The van der Waals surface area contributed by atoms with E-state index >= 15 is 0 Å². The number of halogens is 1. The lowest BCUT2D eigenvalue weighted by Crippen LogP contribution is -2.61. The zero-order chi connectivity index (χ0) is 12.4. The molecule has 0 saturated carbocycles. The monoisotopic (exact) mass is 256 g/mol. The minimum atomic E-state index is -0.242. The minimum absolute atomic E-state index is 0.0515. The largest absolute Gasteiger partial charge is 0.329 e. The highest BCUT2D eigenvalue weighted by molar-refractivity contribution is 6.19. The average molecular weight is 257 g/mol. The van der Waals surface area contributed by atoms with Gasteiger partial charge in [0.2, 0.25) is 11.8 Å². The van der Waals surface area contributed by atoms with Gasteiger partial charge in [0.1, 0.15) is 12.6 Å². The minimum Gasteiger partial charge on any atom is -0.329 e. The molecule has 0 N–H and O–H groups in total. The van der Waals surface area contributed by atoms with Crippen LogP contribution < -0.4 is 0 Å². The standard InChI is InChI=1S/C12H17ClN2O2/c1-9(6-13)7-14-8-11(16)15-5-3-2-4-10(15)12(14)17/h10H,1-8H2. The van der Waals surface area contributed by atoms with E-state index in [1.807, 2.05) is 0 Å². The molecular weight excluding hydrogens is 240 g/mol. The molecule has 2 aliphatic rings. The van der Waals surface area contributed by atoms with Crippen LogP contribution in [0.4, 0.5) is 0 Å². The number of hydrogen-bond acceptors (Lipinski definition) is 2. The molecule has 94 valence electrons. The summed E-state index contributed by atoms with van der Waals surface area (Å²) in [7, 11) is 0. The van der Waals surface area contributed by atoms with E-state index in [4.69, 9.17) is 11.6 Å². The number of carbonyl (C=O) groups excluding carboxylic acids is 2. The van der Waals surface area contributed by atoms with Crippen molar-refractivity contribution in [3.8, 4) is 0 Å². The van der Waals surface area contributed by atoms with Crippen LogP contribution in [0.2, 0.25) is 0 Å². The second-order valence-corrected chi connectivity index (χ2v) is 4.94. The van der Waals surface area contributed by atoms with E-state index in [1.54, 1.807) is 9.80 Å². The summed E-state index contributed by atoms with van der Waals surface area (Å²) in [6.45, 7) is 5.07. The third kappa shape index (κ3) is 2.46. The second-order valence-electron chi connectivity index (χ2n) is 4.68. The van der Waals surface area contributed by atoms with Gasteiger partial charge in [-0.1, -0.05) is 6.58 Å². The lowest BCUT2D eigenvalue weighted by molar-refractivity contribution is -0.157. The Bertz CT molecular complexity index is 356. The fourth-order valence-corrected chi connectivity index (χ4v) is 2.56. The molecule has 5 heteroatoms. The molecule has 0 radical (unpaired) electrons. The Morgan fingerprint density at radius 1 is 1.41 bits per heavy atom. The quantitative estimate of drug-likeness (QED) is 0.559. The van der Waals surface area contributed by atoms with Crippen molar-refractivity contribution in [2.45, 2.75) is 25.3 Å². The van der Waals surface area contributed by atoms with Gasteiger partial charge in [0.15, 0.2) is 0 Å². The van der Waals surface area contributed by atoms with Crippen LogP contribution in [0.1, 0.15) is 19.3 Å². The molecule has 2 heterocycles. The summed E-state index contributed by atoms with van der Waals surface area (Å²) >= 11 is 5.66. The number of fused-ring (bicyclic) bond motifs is 1. The van der Waals surface area contributed by atoms with Gasteiger partial charge >= 0.3 is 0 Å². The van der Waals surface area contributed by atoms with Crippen LogP contribution in [0.15, 0.2) is 12.2 Å². The van der Waals surface area contributed by atoms with E-state index in [-0.39, 0.29) is 24.4 Å². The van der Waals surface area contributed by atoms with Gasteiger partial charge in [-0.25, -0.2) is 0 Å². The fourth-order valence-electron chi connectivity index (χ4n) is 2.48. The topological polar surface area (TPSA) is 40.6 Å². The van der Waals surface area contributed by atoms with Crippen molar-refractivity contribution in [3.05, 3.63) is 12.2 Å². The van der Waals surface area contributed by atoms with E-state index in [0.29, 0.717) is 12.4 Å². The molecule has 0 aromatic rings. The number of piperidine rings is 1. The molecule has 0 aromatic carbocycles. The van der Waals surface area contributed by atoms with E-state index in [2.05, 4.69) is 6.58 Å². The molecule has 0 bridgehead atoms. The number of piperazine rings is 1. The van der Waals surface area contributed by atoms with Gasteiger partial charge < -0.3 is 9.80 Å². The first-order valence-electron chi connectivity index (χ1n) is 5.94. The van der Waals surface area contributed by atoms with Crippen LogP contribution in [0.3, 0.4) is 0 Å². The van der Waals surface area contributed by atoms with Crippen LogP contribution in [0, 0.1) is 0 Å². The van der Waals surface area contributed by atoms with Gasteiger partial charge in [0.05, 0.1) is 0 Å². The summed E-state index contributed by atoms with van der Waals surface area (Å²) in [5, 5.41) is 0. The van der Waals surface area contributed by atoms with E-state index in [0.717, 1.165) is 31.4 Å². The molecule has 2 fully saturated rings.